The van der Waals surface area contributed by atoms with Crippen molar-refractivity contribution in [1.82, 2.24) is 5.48 Å². The molecule has 0 aromatic heterocycles. The molecule has 0 saturated heterocycles. The molecule has 0 heterocycles. The van der Waals surface area contributed by atoms with Gasteiger partial charge in [-0.3, -0.25) is 0 Å². The number of benzene rings is 1. The first-order chi connectivity index (χ1) is 5.93. The molecule has 0 saturated carbocycles. The summed E-state index contributed by atoms with van der Waals surface area (Å²) < 4.78 is 0. The summed E-state index contributed by atoms with van der Waals surface area (Å²) in [5.74, 6) is 5.90. The molecule has 0 fully saturated rings. The topological polar surface area (TPSA) is 21.3 Å². The van der Waals surface area contributed by atoms with Crippen LogP contribution in [0.1, 0.15) is 5.56 Å². The molecular formula is C10H11NO. The van der Waals surface area contributed by atoms with E-state index in [-0.39, 0.29) is 0 Å². The lowest BCUT2D eigenvalue weighted by atomic mass is 10.2. The van der Waals surface area contributed by atoms with Crippen molar-refractivity contribution in [2.45, 2.75) is 0 Å². The summed E-state index contributed by atoms with van der Waals surface area (Å²) in [5.41, 5.74) is 3.67. The number of nitrogens with one attached hydrogen (secondary N) is 1. The zero-order valence-electron chi connectivity index (χ0n) is 7.00. The van der Waals surface area contributed by atoms with E-state index in [0.717, 1.165) is 5.56 Å². The third-order valence-corrected chi connectivity index (χ3v) is 1.31. The highest BCUT2D eigenvalue weighted by atomic mass is 16.6. The normalized spacial score (nSPS) is 8.75. The van der Waals surface area contributed by atoms with Gasteiger partial charge in [-0.25, -0.2) is 0 Å². The SMILES string of the molecule is CONCC#Cc1ccccc1. The predicted octanol–water partition coefficient (Wildman–Crippen LogP) is 1.19. The second kappa shape index (κ2) is 5.36. The van der Waals surface area contributed by atoms with Gasteiger partial charge >= 0.3 is 0 Å². The monoisotopic (exact) mass is 161 g/mol. The molecule has 0 spiro atoms. The number of hydroxylamine groups is 1. The average molecular weight is 161 g/mol. The van der Waals surface area contributed by atoms with Crippen molar-refractivity contribution in [3.63, 3.8) is 0 Å². The third kappa shape index (κ3) is 3.20. The number of hydrogen-bond donors (Lipinski definition) is 1. The van der Waals surface area contributed by atoms with Crippen LogP contribution in [0.4, 0.5) is 0 Å². The Balaban J connectivity index is 2.44. The Hall–Kier alpha value is -1.30. The van der Waals surface area contributed by atoms with Crippen molar-refractivity contribution in [2.24, 2.45) is 0 Å². The van der Waals surface area contributed by atoms with Crippen LogP contribution in [-0.2, 0) is 4.84 Å². The first-order valence-electron chi connectivity index (χ1n) is 3.73. The highest BCUT2D eigenvalue weighted by Gasteiger charge is 1.80. The summed E-state index contributed by atoms with van der Waals surface area (Å²) in [6, 6.07) is 9.85. The zero-order chi connectivity index (χ0) is 8.65. The molecule has 1 N–H and O–H groups in total. The van der Waals surface area contributed by atoms with E-state index < -0.39 is 0 Å². The van der Waals surface area contributed by atoms with E-state index in [1.54, 1.807) is 7.11 Å². The van der Waals surface area contributed by atoms with Crippen molar-refractivity contribution >= 4 is 0 Å². The molecular weight excluding hydrogens is 150 g/mol. The van der Waals surface area contributed by atoms with Crippen LogP contribution in [0.2, 0.25) is 0 Å². The van der Waals surface area contributed by atoms with Crippen LogP contribution in [0.3, 0.4) is 0 Å². The van der Waals surface area contributed by atoms with Crippen molar-refractivity contribution in [3.8, 4) is 11.8 Å². The summed E-state index contributed by atoms with van der Waals surface area (Å²) >= 11 is 0. The van der Waals surface area contributed by atoms with E-state index in [1.165, 1.54) is 0 Å². The standard InChI is InChI=1S/C10H11NO/c1-12-11-9-5-8-10-6-3-2-4-7-10/h2-4,6-7,11H,9H2,1H3. The molecule has 0 amide bonds. The van der Waals surface area contributed by atoms with Gasteiger partial charge < -0.3 is 4.84 Å². The summed E-state index contributed by atoms with van der Waals surface area (Å²) in [5, 5.41) is 0. The van der Waals surface area contributed by atoms with Crippen LogP contribution in [-0.4, -0.2) is 13.7 Å². The number of rotatable bonds is 2. The van der Waals surface area contributed by atoms with Gasteiger partial charge in [0.05, 0.1) is 13.7 Å². The van der Waals surface area contributed by atoms with E-state index in [1.807, 2.05) is 30.3 Å². The van der Waals surface area contributed by atoms with Crippen LogP contribution in [0.15, 0.2) is 30.3 Å². The van der Waals surface area contributed by atoms with Gasteiger partial charge in [-0.05, 0) is 12.1 Å². The minimum atomic E-state index is 0.547. The molecule has 2 heteroatoms. The highest BCUT2D eigenvalue weighted by Crippen LogP contribution is 1.93. The Morgan fingerprint density at radius 1 is 1.33 bits per heavy atom. The van der Waals surface area contributed by atoms with Crippen molar-refractivity contribution < 1.29 is 4.84 Å². The van der Waals surface area contributed by atoms with Gasteiger partial charge in [0.25, 0.3) is 0 Å². The molecule has 0 bridgehead atoms. The molecule has 0 unspecified atom stereocenters. The predicted molar refractivity (Wildman–Crippen MR) is 48.3 cm³/mol. The molecule has 2 nitrogen and oxygen atoms in total. The molecule has 1 rings (SSSR count). The first-order valence-corrected chi connectivity index (χ1v) is 3.73. The summed E-state index contributed by atoms with van der Waals surface area (Å²) in [4.78, 5) is 4.63. The van der Waals surface area contributed by atoms with Gasteiger partial charge in [0.2, 0.25) is 0 Å². The Morgan fingerprint density at radius 2 is 2.08 bits per heavy atom. The van der Waals surface area contributed by atoms with E-state index in [4.69, 9.17) is 0 Å². The van der Waals surface area contributed by atoms with E-state index >= 15 is 0 Å². The second-order valence-electron chi connectivity index (χ2n) is 2.19. The third-order valence-electron chi connectivity index (χ3n) is 1.31. The fourth-order valence-corrected chi connectivity index (χ4v) is 0.776. The lowest BCUT2D eigenvalue weighted by Crippen LogP contribution is -2.10. The van der Waals surface area contributed by atoms with Crippen molar-refractivity contribution in [2.75, 3.05) is 13.7 Å². The van der Waals surface area contributed by atoms with E-state index in [2.05, 4.69) is 22.2 Å². The fraction of sp³-hybridized carbons (Fsp3) is 0.200. The van der Waals surface area contributed by atoms with Gasteiger partial charge in [0, 0.05) is 5.56 Å². The Morgan fingerprint density at radius 3 is 2.75 bits per heavy atom. The largest absolute Gasteiger partial charge is 0.304 e. The Bertz CT molecular complexity index is 271. The molecule has 1 aromatic carbocycles. The lowest BCUT2D eigenvalue weighted by Gasteiger charge is -1.91. The maximum atomic E-state index is 4.63. The molecule has 0 aliphatic heterocycles. The number of hydrogen-bond acceptors (Lipinski definition) is 2. The lowest BCUT2D eigenvalue weighted by molar-refractivity contribution is 0.103. The molecule has 0 aliphatic carbocycles. The Kier molecular flexibility index (Phi) is 3.93. The van der Waals surface area contributed by atoms with Gasteiger partial charge in [-0.15, -0.1) is 0 Å². The molecule has 0 aliphatic rings. The van der Waals surface area contributed by atoms with Gasteiger partial charge in [0.1, 0.15) is 0 Å². The van der Waals surface area contributed by atoms with Crippen LogP contribution >= 0.6 is 0 Å². The fourth-order valence-electron chi connectivity index (χ4n) is 0.776. The van der Waals surface area contributed by atoms with Gasteiger partial charge in [-0.2, -0.15) is 5.48 Å². The second-order valence-corrected chi connectivity index (χ2v) is 2.19. The summed E-state index contributed by atoms with van der Waals surface area (Å²) in [6.07, 6.45) is 0. The smallest absolute Gasteiger partial charge is 0.0824 e. The molecule has 0 radical (unpaired) electrons. The van der Waals surface area contributed by atoms with Gasteiger partial charge in [0.15, 0.2) is 0 Å². The average Bonchev–Trinajstić information content (AvgIpc) is 2.14. The minimum Gasteiger partial charge on any atom is -0.304 e. The highest BCUT2D eigenvalue weighted by molar-refractivity contribution is 5.33. The molecule has 12 heavy (non-hydrogen) atoms. The van der Waals surface area contributed by atoms with Crippen LogP contribution in [0.25, 0.3) is 0 Å². The Labute approximate surface area is 72.5 Å². The zero-order valence-corrected chi connectivity index (χ0v) is 7.00. The minimum absolute atomic E-state index is 0.547. The maximum absolute atomic E-state index is 4.63. The first kappa shape index (κ1) is 8.79. The molecule has 62 valence electrons. The van der Waals surface area contributed by atoms with Crippen LogP contribution in [0, 0.1) is 11.8 Å². The van der Waals surface area contributed by atoms with Crippen LogP contribution < -0.4 is 5.48 Å². The summed E-state index contributed by atoms with van der Waals surface area (Å²) in [7, 11) is 1.57. The van der Waals surface area contributed by atoms with Crippen LogP contribution in [0.5, 0.6) is 0 Å². The van der Waals surface area contributed by atoms with Gasteiger partial charge in [-0.1, -0.05) is 30.0 Å². The van der Waals surface area contributed by atoms with Crippen molar-refractivity contribution in [1.29, 1.82) is 0 Å². The van der Waals surface area contributed by atoms with E-state index in [9.17, 15) is 0 Å². The summed E-state index contributed by atoms with van der Waals surface area (Å²) in [6.45, 7) is 0.547. The maximum Gasteiger partial charge on any atom is 0.0824 e. The van der Waals surface area contributed by atoms with Crippen molar-refractivity contribution in [3.05, 3.63) is 35.9 Å². The quantitative estimate of drug-likeness (QED) is 0.399. The van der Waals surface area contributed by atoms with E-state index in [0.29, 0.717) is 6.54 Å². The molecule has 1 aromatic rings. The molecule has 0 atom stereocenters.